The van der Waals surface area contributed by atoms with Gasteiger partial charge in [-0.25, -0.2) is 4.98 Å². The number of hydrogen-bond donors (Lipinski definition) is 1. The van der Waals surface area contributed by atoms with E-state index in [1.165, 1.54) is 0 Å². The molecule has 0 radical (unpaired) electrons. The van der Waals surface area contributed by atoms with Crippen LogP contribution < -0.4 is 5.73 Å². The van der Waals surface area contributed by atoms with E-state index in [1.807, 2.05) is 17.9 Å². The van der Waals surface area contributed by atoms with Gasteiger partial charge in [0, 0.05) is 23.8 Å². The number of hydrogen-bond acceptors (Lipinski definition) is 3. The van der Waals surface area contributed by atoms with Crippen molar-refractivity contribution in [1.29, 1.82) is 0 Å². The average Bonchev–Trinajstić information content (AvgIpc) is 2.37. The van der Waals surface area contributed by atoms with Crippen LogP contribution in [0.1, 0.15) is 49.7 Å². The van der Waals surface area contributed by atoms with Crippen molar-refractivity contribution >= 4 is 11.7 Å². The van der Waals surface area contributed by atoms with Crippen LogP contribution in [-0.4, -0.2) is 28.4 Å². The molecule has 0 spiro atoms. The highest BCUT2D eigenvalue weighted by Crippen LogP contribution is 2.24. The molecular weight excluding hydrogens is 238 g/mol. The zero-order chi connectivity index (χ0) is 14.0. The first kappa shape index (κ1) is 13.8. The van der Waals surface area contributed by atoms with Crippen molar-refractivity contribution in [2.45, 2.75) is 46.1 Å². The van der Waals surface area contributed by atoms with Crippen molar-refractivity contribution in [3.05, 3.63) is 23.4 Å². The summed E-state index contributed by atoms with van der Waals surface area (Å²) in [5.74, 6) is 1.22. The Morgan fingerprint density at radius 1 is 1.47 bits per heavy atom. The molecule has 104 valence electrons. The lowest BCUT2D eigenvalue weighted by Crippen LogP contribution is -2.44. The molecule has 2 rings (SSSR count). The third-order valence-corrected chi connectivity index (χ3v) is 3.91. The number of aryl methyl sites for hydroxylation is 1. The van der Waals surface area contributed by atoms with Crippen LogP contribution in [0.5, 0.6) is 0 Å². The van der Waals surface area contributed by atoms with Crippen molar-refractivity contribution in [1.82, 2.24) is 9.88 Å². The summed E-state index contributed by atoms with van der Waals surface area (Å²) in [5.41, 5.74) is 7.33. The standard InChI is InChI=1S/C15H23N3O/c1-4-13-8-12(9-14(16)17-13)15(19)18-6-5-10(2)7-11(18)3/h8-11H,4-7H2,1-3H3,(H2,16,17). The van der Waals surface area contributed by atoms with E-state index in [4.69, 9.17) is 5.73 Å². The first-order chi connectivity index (χ1) is 9.01. The predicted molar refractivity (Wildman–Crippen MR) is 76.9 cm³/mol. The summed E-state index contributed by atoms with van der Waals surface area (Å²) in [7, 11) is 0. The van der Waals surface area contributed by atoms with Crippen LogP contribution in [0.4, 0.5) is 5.82 Å². The van der Waals surface area contributed by atoms with Gasteiger partial charge in [-0.15, -0.1) is 0 Å². The molecule has 19 heavy (non-hydrogen) atoms. The SMILES string of the molecule is CCc1cc(C(=O)N2CCC(C)CC2C)cc(N)n1. The molecule has 0 saturated carbocycles. The van der Waals surface area contributed by atoms with E-state index < -0.39 is 0 Å². The Morgan fingerprint density at radius 2 is 2.21 bits per heavy atom. The number of nitrogen functional groups attached to an aromatic ring is 1. The number of rotatable bonds is 2. The van der Waals surface area contributed by atoms with Crippen LogP contribution in [0.15, 0.2) is 12.1 Å². The predicted octanol–water partition coefficient (Wildman–Crippen LogP) is 2.49. The Kier molecular flexibility index (Phi) is 4.08. The minimum atomic E-state index is 0.0863. The zero-order valence-corrected chi connectivity index (χ0v) is 12.0. The van der Waals surface area contributed by atoms with Crippen molar-refractivity contribution in [2.24, 2.45) is 5.92 Å². The molecule has 1 aliphatic rings. The number of piperidine rings is 1. The number of nitrogens with zero attached hydrogens (tertiary/aromatic N) is 2. The second-order valence-corrected chi connectivity index (χ2v) is 5.60. The molecule has 2 heterocycles. The summed E-state index contributed by atoms with van der Waals surface area (Å²) in [6, 6.07) is 3.85. The number of aromatic nitrogens is 1. The monoisotopic (exact) mass is 261 g/mol. The van der Waals surface area contributed by atoms with Crippen molar-refractivity contribution in [2.75, 3.05) is 12.3 Å². The van der Waals surface area contributed by atoms with Gasteiger partial charge >= 0.3 is 0 Å². The third kappa shape index (κ3) is 3.06. The lowest BCUT2D eigenvalue weighted by molar-refractivity contribution is 0.0588. The van der Waals surface area contributed by atoms with Gasteiger partial charge in [0.2, 0.25) is 0 Å². The highest BCUT2D eigenvalue weighted by molar-refractivity contribution is 5.95. The van der Waals surface area contributed by atoms with Crippen LogP contribution in [0.3, 0.4) is 0 Å². The molecule has 0 bridgehead atoms. The maximum absolute atomic E-state index is 12.6. The molecule has 1 amide bonds. The summed E-state index contributed by atoms with van der Waals surface area (Å²) in [6.07, 6.45) is 2.95. The smallest absolute Gasteiger partial charge is 0.254 e. The number of likely N-dealkylation sites (tertiary alicyclic amines) is 1. The van der Waals surface area contributed by atoms with Crippen molar-refractivity contribution in [3.8, 4) is 0 Å². The second kappa shape index (κ2) is 5.59. The summed E-state index contributed by atoms with van der Waals surface area (Å²) < 4.78 is 0. The van der Waals surface area contributed by atoms with E-state index in [-0.39, 0.29) is 5.91 Å². The Labute approximate surface area is 115 Å². The highest BCUT2D eigenvalue weighted by Gasteiger charge is 2.27. The molecule has 1 saturated heterocycles. The molecule has 0 aliphatic carbocycles. The quantitative estimate of drug-likeness (QED) is 0.889. The number of nitrogens with two attached hydrogens (primary N) is 1. The Balaban J connectivity index is 2.21. The van der Waals surface area contributed by atoms with E-state index in [1.54, 1.807) is 6.07 Å². The fourth-order valence-corrected chi connectivity index (χ4v) is 2.79. The van der Waals surface area contributed by atoms with Gasteiger partial charge in [-0.05, 0) is 44.2 Å². The minimum absolute atomic E-state index is 0.0863. The number of carbonyl (C=O) groups excluding carboxylic acids is 1. The Hall–Kier alpha value is -1.58. The topological polar surface area (TPSA) is 59.2 Å². The number of amides is 1. The van der Waals surface area contributed by atoms with Gasteiger partial charge in [0.25, 0.3) is 5.91 Å². The van der Waals surface area contributed by atoms with Crippen LogP contribution in [0, 0.1) is 5.92 Å². The molecule has 1 aromatic heterocycles. The van der Waals surface area contributed by atoms with Crippen LogP contribution in [0.25, 0.3) is 0 Å². The number of pyridine rings is 1. The number of anilines is 1. The molecule has 2 N–H and O–H groups in total. The average molecular weight is 261 g/mol. The summed E-state index contributed by atoms with van der Waals surface area (Å²) >= 11 is 0. The highest BCUT2D eigenvalue weighted by atomic mass is 16.2. The molecule has 1 aromatic rings. The molecule has 0 aromatic carbocycles. The molecule has 2 unspecified atom stereocenters. The van der Waals surface area contributed by atoms with E-state index >= 15 is 0 Å². The molecule has 2 atom stereocenters. The minimum Gasteiger partial charge on any atom is -0.384 e. The van der Waals surface area contributed by atoms with Crippen LogP contribution in [-0.2, 0) is 6.42 Å². The first-order valence-electron chi connectivity index (χ1n) is 7.08. The lowest BCUT2D eigenvalue weighted by atomic mass is 9.93. The lowest BCUT2D eigenvalue weighted by Gasteiger charge is -2.36. The van der Waals surface area contributed by atoms with Gasteiger partial charge in [-0.1, -0.05) is 13.8 Å². The Morgan fingerprint density at radius 3 is 2.84 bits per heavy atom. The molecular formula is C15H23N3O. The number of carbonyl (C=O) groups is 1. The van der Waals surface area contributed by atoms with Gasteiger partial charge in [-0.3, -0.25) is 4.79 Å². The summed E-state index contributed by atoms with van der Waals surface area (Å²) in [5, 5.41) is 0. The summed E-state index contributed by atoms with van der Waals surface area (Å²) in [4.78, 5) is 18.8. The van der Waals surface area contributed by atoms with Gasteiger partial charge in [0.15, 0.2) is 0 Å². The molecule has 4 heteroatoms. The van der Waals surface area contributed by atoms with E-state index in [2.05, 4.69) is 18.8 Å². The van der Waals surface area contributed by atoms with Gasteiger partial charge in [-0.2, -0.15) is 0 Å². The fourth-order valence-electron chi connectivity index (χ4n) is 2.79. The molecule has 4 nitrogen and oxygen atoms in total. The maximum Gasteiger partial charge on any atom is 0.254 e. The van der Waals surface area contributed by atoms with E-state index in [0.717, 1.165) is 31.5 Å². The van der Waals surface area contributed by atoms with Crippen LogP contribution in [0.2, 0.25) is 0 Å². The van der Waals surface area contributed by atoms with Gasteiger partial charge in [0.05, 0.1) is 0 Å². The molecule has 1 aliphatic heterocycles. The first-order valence-corrected chi connectivity index (χ1v) is 7.08. The van der Waals surface area contributed by atoms with Gasteiger partial charge in [0.1, 0.15) is 5.82 Å². The van der Waals surface area contributed by atoms with Gasteiger partial charge < -0.3 is 10.6 Å². The second-order valence-electron chi connectivity index (χ2n) is 5.60. The van der Waals surface area contributed by atoms with E-state index in [9.17, 15) is 4.79 Å². The van der Waals surface area contributed by atoms with E-state index in [0.29, 0.717) is 23.3 Å². The maximum atomic E-state index is 12.6. The van der Waals surface area contributed by atoms with Crippen LogP contribution >= 0.6 is 0 Å². The Bertz CT molecular complexity index is 472. The van der Waals surface area contributed by atoms with Crippen molar-refractivity contribution in [3.63, 3.8) is 0 Å². The zero-order valence-electron chi connectivity index (χ0n) is 12.0. The fraction of sp³-hybridized carbons (Fsp3) is 0.600. The van der Waals surface area contributed by atoms with Crippen molar-refractivity contribution < 1.29 is 4.79 Å². The normalized spacial score (nSPS) is 23.4. The summed E-state index contributed by atoms with van der Waals surface area (Å²) in [6.45, 7) is 7.23. The third-order valence-electron chi connectivity index (χ3n) is 3.91. The molecule has 1 fully saturated rings. The largest absolute Gasteiger partial charge is 0.384 e.